The van der Waals surface area contributed by atoms with Crippen LogP contribution in [0.15, 0.2) is 120 Å². The Labute approximate surface area is 353 Å². The van der Waals surface area contributed by atoms with Crippen LogP contribution in [0.5, 0.6) is 5.75 Å². The number of hydrogen-bond donors (Lipinski definition) is 2. The first-order valence-corrected chi connectivity index (χ1v) is 20.9. The fraction of sp³-hybridized carbons (Fsp3) is 0.245. The molecule has 0 aliphatic carbocycles. The van der Waals surface area contributed by atoms with Gasteiger partial charge < -0.3 is 15.0 Å². The second-order valence-electron chi connectivity index (χ2n) is 15.8. The number of rotatable bonds is 13. The Morgan fingerprint density at radius 1 is 0.833 bits per heavy atom. The number of likely N-dealkylation sites (tertiary alicyclic amines) is 1. The predicted octanol–water partition coefficient (Wildman–Crippen LogP) is 9.46. The fourth-order valence-corrected chi connectivity index (χ4v) is 8.43. The molecule has 2 heterocycles. The predicted molar refractivity (Wildman–Crippen MR) is 233 cm³/mol. The number of carbonyl (C=O) groups is 5. The number of ketones is 1. The van der Waals surface area contributed by atoms with Crippen LogP contribution in [-0.2, 0) is 11.2 Å². The van der Waals surface area contributed by atoms with Crippen LogP contribution in [0.3, 0.4) is 0 Å². The maximum Gasteiger partial charge on any atom is 0.290 e. The van der Waals surface area contributed by atoms with Gasteiger partial charge in [0.05, 0.1) is 23.1 Å². The van der Waals surface area contributed by atoms with Crippen molar-refractivity contribution in [2.24, 2.45) is 5.92 Å². The van der Waals surface area contributed by atoms with Gasteiger partial charge in [-0.2, -0.15) is 0 Å². The van der Waals surface area contributed by atoms with Crippen LogP contribution < -0.4 is 15.4 Å². The van der Waals surface area contributed by atoms with Gasteiger partial charge in [0.2, 0.25) is 0 Å². The molecule has 0 aromatic heterocycles. The van der Waals surface area contributed by atoms with Crippen molar-refractivity contribution >= 4 is 46.6 Å². The molecule has 0 unspecified atom stereocenters. The molecule has 2 saturated heterocycles. The summed E-state index contributed by atoms with van der Waals surface area (Å²) >= 11 is 0.816. The van der Waals surface area contributed by atoms with Gasteiger partial charge in [-0.05, 0) is 101 Å². The maximum atomic E-state index is 14.7. The molecular formula is C49H46FN3O6S. The summed E-state index contributed by atoms with van der Waals surface area (Å²) in [7, 11) is 0. The molecule has 9 nitrogen and oxygen atoms in total. The zero-order valence-corrected chi connectivity index (χ0v) is 34.7. The van der Waals surface area contributed by atoms with Crippen molar-refractivity contribution in [2.45, 2.75) is 58.6 Å². The number of hydrogen-bond acceptors (Lipinski definition) is 7. The Morgan fingerprint density at radius 3 is 2.18 bits per heavy atom. The molecule has 0 bridgehead atoms. The Bertz CT molecular complexity index is 2480. The summed E-state index contributed by atoms with van der Waals surface area (Å²) in [5, 5.41) is 4.80. The first-order valence-electron chi connectivity index (χ1n) is 20.1. The van der Waals surface area contributed by atoms with Crippen molar-refractivity contribution in [3.05, 3.63) is 165 Å². The van der Waals surface area contributed by atoms with Crippen LogP contribution in [0.25, 0.3) is 17.2 Å². The summed E-state index contributed by atoms with van der Waals surface area (Å²) < 4.78 is 20.8. The number of thioether (sulfide) groups is 1. The Morgan fingerprint density at radius 2 is 1.50 bits per heavy atom. The number of amides is 4. The average Bonchev–Trinajstić information content (AvgIpc) is 3.80. The van der Waals surface area contributed by atoms with Crippen LogP contribution in [0.1, 0.15) is 93.4 Å². The van der Waals surface area contributed by atoms with Gasteiger partial charge in [-0.1, -0.05) is 100 Å². The molecule has 2 aliphatic rings. The van der Waals surface area contributed by atoms with E-state index in [4.69, 9.17) is 4.74 Å². The summed E-state index contributed by atoms with van der Waals surface area (Å²) in [5.41, 5.74) is 5.94. The SMILES string of the molecule is CC(C)Cc1cccc(-c2ccccc2C(C)C)c1O[C@@H]1C[C@@H](CNC(=O)c2ccc(/C=C3\SC(=O)NC3=O)cc2)N(C(=O)c2ccccc2C(=O)c2ccc(F)cc2)C1. The molecule has 7 rings (SSSR count). The van der Waals surface area contributed by atoms with E-state index in [1.54, 1.807) is 59.5 Å². The zero-order valence-electron chi connectivity index (χ0n) is 33.9. The van der Waals surface area contributed by atoms with Crippen molar-refractivity contribution in [2.75, 3.05) is 13.1 Å². The first-order chi connectivity index (χ1) is 28.9. The third-order valence-electron chi connectivity index (χ3n) is 10.6. The quantitative estimate of drug-likeness (QED) is 0.0897. The van der Waals surface area contributed by atoms with Crippen molar-refractivity contribution in [3.63, 3.8) is 0 Å². The van der Waals surface area contributed by atoms with Crippen LogP contribution in [0.4, 0.5) is 9.18 Å². The molecule has 306 valence electrons. The minimum absolute atomic E-state index is 0.0971. The lowest BCUT2D eigenvalue weighted by Crippen LogP contribution is -2.43. The van der Waals surface area contributed by atoms with Crippen LogP contribution in [0, 0.1) is 11.7 Å². The molecule has 2 aliphatic heterocycles. The van der Waals surface area contributed by atoms with Crippen LogP contribution in [-0.4, -0.2) is 58.9 Å². The van der Waals surface area contributed by atoms with E-state index in [2.05, 4.69) is 68.7 Å². The number of ether oxygens (including phenoxy) is 1. The second-order valence-corrected chi connectivity index (χ2v) is 16.8. The molecule has 0 saturated carbocycles. The van der Waals surface area contributed by atoms with Gasteiger partial charge in [0.1, 0.15) is 17.7 Å². The number of nitrogens with one attached hydrogen (secondary N) is 2. The molecule has 2 fully saturated rings. The van der Waals surface area contributed by atoms with Gasteiger partial charge in [0.15, 0.2) is 5.78 Å². The van der Waals surface area contributed by atoms with Crippen molar-refractivity contribution in [1.82, 2.24) is 15.5 Å². The van der Waals surface area contributed by atoms with E-state index in [0.29, 0.717) is 23.5 Å². The number of carbonyl (C=O) groups excluding carboxylic acids is 5. The largest absolute Gasteiger partial charge is 0.488 e. The summed E-state index contributed by atoms with van der Waals surface area (Å²) in [6, 6.07) is 32.5. The smallest absolute Gasteiger partial charge is 0.290 e. The van der Waals surface area contributed by atoms with Crippen molar-refractivity contribution < 1.29 is 33.1 Å². The van der Waals surface area contributed by atoms with Gasteiger partial charge in [0.25, 0.3) is 23.0 Å². The number of halogens is 1. The summed E-state index contributed by atoms with van der Waals surface area (Å²) in [6.07, 6.45) is 2.30. The normalized spacial score (nSPS) is 17.1. The molecule has 2 atom stereocenters. The van der Waals surface area contributed by atoms with E-state index < -0.39 is 40.8 Å². The molecule has 0 spiro atoms. The summed E-state index contributed by atoms with van der Waals surface area (Å²) in [4.78, 5) is 67.6. The van der Waals surface area contributed by atoms with Gasteiger partial charge >= 0.3 is 0 Å². The third kappa shape index (κ3) is 9.42. The van der Waals surface area contributed by atoms with E-state index in [-0.39, 0.29) is 46.5 Å². The minimum atomic E-state index is -0.511. The highest BCUT2D eigenvalue weighted by Crippen LogP contribution is 2.40. The molecule has 60 heavy (non-hydrogen) atoms. The topological polar surface area (TPSA) is 122 Å². The van der Waals surface area contributed by atoms with E-state index >= 15 is 0 Å². The number of benzene rings is 5. The highest BCUT2D eigenvalue weighted by Gasteiger charge is 2.39. The molecule has 0 radical (unpaired) electrons. The number of nitrogens with zero attached hydrogens (tertiary/aromatic N) is 1. The standard InChI is InChI=1S/C49H46FN3O6S/c1-29(2)24-34-10-9-15-41(39-12-6-5-11-38(39)30(3)4)45(34)59-37-26-36(27-51-46(55)33-18-16-31(17-19-33)25-43-47(56)52-49(58)60-43)53(28-37)48(57)42-14-8-7-13-40(42)44(54)32-20-22-35(50)23-21-32/h5-23,25,29-30,36-37H,24,26-28H2,1-4H3,(H,51,55)(H,52,56,58)/b43-25-/t36-,37+/m0/s1. The minimum Gasteiger partial charge on any atom is -0.488 e. The molecule has 2 N–H and O–H groups in total. The summed E-state index contributed by atoms with van der Waals surface area (Å²) in [5.74, 6) is -0.734. The second kappa shape index (κ2) is 18.3. The molecule has 5 aromatic carbocycles. The Balaban J connectivity index is 1.19. The van der Waals surface area contributed by atoms with Crippen LogP contribution in [0.2, 0.25) is 0 Å². The highest BCUT2D eigenvalue weighted by atomic mass is 32.2. The summed E-state index contributed by atoms with van der Waals surface area (Å²) in [6.45, 7) is 8.95. The van der Waals surface area contributed by atoms with Gasteiger partial charge in [-0.15, -0.1) is 0 Å². The number of para-hydroxylation sites is 1. The highest BCUT2D eigenvalue weighted by molar-refractivity contribution is 8.18. The van der Waals surface area contributed by atoms with Gasteiger partial charge in [-0.3, -0.25) is 29.3 Å². The van der Waals surface area contributed by atoms with Crippen LogP contribution >= 0.6 is 11.8 Å². The first kappa shape index (κ1) is 41.8. The van der Waals surface area contributed by atoms with Gasteiger partial charge in [0, 0.05) is 35.2 Å². The maximum absolute atomic E-state index is 14.7. The van der Waals surface area contributed by atoms with Gasteiger partial charge in [-0.25, -0.2) is 4.39 Å². The third-order valence-corrected chi connectivity index (χ3v) is 11.4. The Kier molecular flexibility index (Phi) is 12.8. The lowest BCUT2D eigenvalue weighted by atomic mass is 9.90. The lowest BCUT2D eigenvalue weighted by Gasteiger charge is -2.26. The average molecular weight is 824 g/mol. The number of imide groups is 1. The molecule has 4 amide bonds. The van der Waals surface area contributed by atoms with Crippen molar-refractivity contribution in [1.29, 1.82) is 0 Å². The fourth-order valence-electron chi connectivity index (χ4n) is 7.75. The van der Waals surface area contributed by atoms with E-state index in [1.807, 2.05) is 12.1 Å². The monoisotopic (exact) mass is 823 g/mol. The van der Waals surface area contributed by atoms with E-state index in [0.717, 1.165) is 40.6 Å². The van der Waals surface area contributed by atoms with E-state index in [1.165, 1.54) is 29.8 Å². The zero-order chi connectivity index (χ0) is 42.5. The molecular weight excluding hydrogens is 778 g/mol. The molecule has 5 aromatic rings. The van der Waals surface area contributed by atoms with Crippen molar-refractivity contribution in [3.8, 4) is 16.9 Å². The Hall–Kier alpha value is -6.33. The molecule has 11 heteroatoms. The lowest BCUT2D eigenvalue weighted by molar-refractivity contribution is -0.115. The van der Waals surface area contributed by atoms with E-state index in [9.17, 15) is 28.4 Å².